The molecule has 0 aliphatic heterocycles. The number of amides is 2. The standard InChI is InChI=1S/C21H27N3O2/c1-4-16-9-11-19(12-10-16)23-21(26)18-8-5-7-17(15-18)20(25)22-13-6-14-24(2)3/h5,7-12,15H,4,6,13-14H2,1-3H3,(H,22,25)(H,23,26). The molecule has 0 aliphatic carbocycles. The highest BCUT2D eigenvalue weighted by atomic mass is 16.2. The van der Waals surface area contributed by atoms with Crippen LogP contribution in [0.15, 0.2) is 48.5 Å². The third-order valence-electron chi connectivity index (χ3n) is 4.07. The lowest BCUT2D eigenvalue weighted by Gasteiger charge is -2.10. The summed E-state index contributed by atoms with van der Waals surface area (Å²) in [5.41, 5.74) is 2.91. The Bertz CT molecular complexity index is 739. The molecule has 2 N–H and O–H groups in total. The van der Waals surface area contributed by atoms with Crippen molar-refractivity contribution in [3.05, 3.63) is 65.2 Å². The highest BCUT2D eigenvalue weighted by molar-refractivity contribution is 6.06. The number of anilines is 1. The minimum Gasteiger partial charge on any atom is -0.352 e. The van der Waals surface area contributed by atoms with Gasteiger partial charge in [0, 0.05) is 23.4 Å². The highest BCUT2D eigenvalue weighted by Gasteiger charge is 2.10. The van der Waals surface area contributed by atoms with E-state index in [-0.39, 0.29) is 11.8 Å². The van der Waals surface area contributed by atoms with E-state index >= 15 is 0 Å². The van der Waals surface area contributed by atoms with Gasteiger partial charge in [-0.05, 0) is 69.4 Å². The quantitative estimate of drug-likeness (QED) is 0.717. The van der Waals surface area contributed by atoms with Crippen LogP contribution < -0.4 is 10.6 Å². The van der Waals surface area contributed by atoms with Crippen molar-refractivity contribution < 1.29 is 9.59 Å². The molecule has 0 saturated carbocycles. The Morgan fingerprint density at radius 1 is 0.962 bits per heavy atom. The van der Waals surface area contributed by atoms with Gasteiger partial charge in [-0.25, -0.2) is 0 Å². The summed E-state index contributed by atoms with van der Waals surface area (Å²) in [5, 5.41) is 5.75. The predicted octanol–water partition coefficient (Wildman–Crippen LogP) is 3.18. The van der Waals surface area contributed by atoms with Crippen LogP contribution in [0.2, 0.25) is 0 Å². The number of carbonyl (C=O) groups excluding carboxylic acids is 2. The van der Waals surface area contributed by atoms with Crippen LogP contribution in [0.25, 0.3) is 0 Å². The molecule has 0 fully saturated rings. The number of rotatable bonds is 8. The van der Waals surface area contributed by atoms with E-state index < -0.39 is 0 Å². The van der Waals surface area contributed by atoms with Gasteiger partial charge >= 0.3 is 0 Å². The Labute approximate surface area is 155 Å². The van der Waals surface area contributed by atoms with Crippen molar-refractivity contribution in [3.63, 3.8) is 0 Å². The highest BCUT2D eigenvalue weighted by Crippen LogP contribution is 2.13. The first kappa shape index (κ1) is 19.7. The Hall–Kier alpha value is -2.66. The fourth-order valence-electron chi connectivity index (χ4n) is 2.53. The molecule has 0 bridgehead atoms. The lowest BCUT2D eigenvalue weighted by atomic mass is 10.1. The average Bonchev–Trinajstić information content (AvgIpc) is 2.65. The molecular formula is C21H27N3O2. The molecule has 0 spiro atoms. The van der Waals surface area contributed by atoms with Crippen molar-refractivity contribution in [1.82, 2.24) is 10.2 Å². The fraction of sp³-hybridized carbons (Fsp3) is 0.333. The fourth-order valence-corrected chi connectivity index (χ4v) is 2.53. The largest absolute Gasteiger partial charge is 0.352 e. The summed E-state index contributed by atoms with van der Waals surface area (Å²) < 4.78 is 0. The molecular weight excluding hydrogens is 326 g/mol. The van der Waals surface area contributed by atoms with E-state index in [0.717, 1.165) is 25.1 Å². The molecule has 0 saturated heterocycles. The second-order valence-corrected chi connectivity index (χ2v) is 6.50. The van der Waals surface area contributed by atoms with Crippen molar-refractivity contribution >= 4 is 17.5 Å². The maximum absolute atomic E-state index is 12.4. The Balaban J connectivity index is 1.96. The van der Waals surface area contributed by atoms with E-state index in [2.05, 4.69) is 22.5 Å². The van der Waals surface area contributed by atoms with Crippen LogP contribution in [0.3, 0.4) is 0 Å². The van der Waals surface area contributed by atoms with E-state index in [1.54, 1.807) is 24.3 Å². The molecule has 5 nitrogen and oxygen atoms in total. The first-order chi connectivity index (χ1) is 12.5. The molecule has 0 aromatic heterocycles. The molecule has 5 heteroatoms. The molecule has 2 aromatic carbocycles. The molecule has 2 rings (SSSR count). The topological polar surface area (TPSA) is 61.4 Å². The minimum atomic E-state index is -0.225. The Kier molecular flexibility index (Phi) is 7.36. The maximum Gasteiger partial charge on any atom is 0.255 e. The second kappa shape index (κ2) is 9.73. The van der Waals surface area contributed by atoms with Crippen molar-refractivity contribution in [3.8, 4) is 0 Å². The first-order valence-corrected chi connectivity index (χ1v) is 8.93. The normalized spacial score (nSPS) is 10.6. The van der Waals surface area contributed by atoms with Crippen LogP contribution >= 0.6 is 0 Å². The summed E-state index contributed by atoms with van der Waals surface area (Å²) in [5.74, 6) is -0.387. The molecule has 2 amide bonds. The van der Waals surface area contributed by atoms with Gasteiger partial charge in [0.05, 0.1) is 0 Å². The van der Waals surface area contributed by atoms with Gasteiger partial charge in [0.25, 0.3) is 11.8 Å². The third-order valence-corrected chi connectivity index (χ3v) is 4.07. The average molecular weight is 353 g/mol. The zero-order chi connectivity index (χ0) is 18.9. The van der Waals surface area contributed by atoms with Crippen LogP contribution in [0.1, 0.15) is 39.6 Å². The monoisotopic (exact) mass is 353 g/mol. The molecule has 138 valence electrons. The number of benzene rings is 2. The number of nitrogens with zero attached hydrogens (tertiary/aromatic N) is 1. The van der Waals surface area contributed by atoms with Crippen LogP contribution in [-0.4, -0.2) is 43.9 Å². The van der Waals surface area contributed by atoms with Crippen LogP contribution in [0.5, 0.6) is 0 Å². The molecule has 0 atom stereocenters. The molecule has 0 heterocycles. The maximum atomic E-state index is 12.4. The number of nitrogens with one attached hydrogen (secondary N) is 2. The zero-order valence-corrected chi connectivity index (χ0v) is 15.7. The summed E-state index contributed by atoms with van der Waals surface area (Å²) in [6.07, 6.45) is 1.84. The molecule has 0 radical (unpaired) electrons. The molecule has 0 unspecified atom stereocenters. The third kappa shape index (κ3) is 6.01. The summed E-state index contributed by atoms with van der Waals surface area (Å²) in [7, 11) is 4.00. The minimum absolute atomic E-state index is 0.161. The van der Waals surface area contributed by atoms with Gasteiger partial charge in [-0.3, -0.25) is 9.59 Å². The number of carbonyl (C=O) groups is 2. The smallest absolute Gasteiger partial charge is 0.255 e. The van der Waals surface area contributed by atoms with E-state index in [1.165, 1.54) is 5.56 Å². The lowest BCUT2D eigenvalue weighted by Crippen LogP contribution is -2.27. The van der Waals surface area contributed by atoms with Gasteiger partial charge in [0.1, 0.15) is 0 Å². The SMILES string of the molecule is CCc1ccc(NC(=O)c2cccc(C(=O)NCCCN(C)C)c2)cc1. The number of aryl methyl sites for hydroxylation is 1. The number of hydrogen-bond donors (Lipinski definition) is 2. The summed E-state index contributed by atoms with van der Waals surface area (Å²) in [6, 6.07) is 14.5. The van der Waals surface area contributed by atoms with Gasteiger partial charge < -0.3 is 15.5 Å². The zero-order valence-electron chi connectivity index (χ0n) is 15.7. The summed E-state index contributed by atoms with van der Waals surface area (Å²) in [6.45, 7) is 3.61. The first-order valence-electron chi connectivity index (χ1n) is 8.93. The predicted molar refractivity (Wildman–Crippen MR) is 106 cm³/mol. The van der Waals surface area contributed by atoms with Gasteiger partial charge in [-0.1, -0.05) is 25.1 Å². The van der Waals surface area contributed by atoms with Crippen LogP contribution in [0, 0.1) is 0 Å². The van der Waals surface area contributed by atoms with Crippen molar-refractivity contribution in [1.29, 1.82) is 0 Å². The van der Waals surface area contributed by atoms with E-state index in [4.69, 9.17) is 0 Å². The van der Waals surface area contributed by atoms with Gasteiger partial charge in [-0.2, -0.15) is 0 Å². The van der Waals surface area contributed by atoms with E-state index in [0.29, 0.717) is 17.7 Å². The van der Waals surface area contributed by atoms with Crippen LogP contribution in [0.4, 0.5) is 5.69 Å². The van der Waals surface area contributed by atoms with E-state index in [1.807, 2.05) is 38.4 Å². The Morgan fingerprint density at radius 3 is 2.23 bits per heavy atom. The van der Waals surface area contributed by atoms with Crippen molar-refractivity contribution in [2.24, 2.45) is 0 Å². The molecule has 2 aromatic rings. The van der Waals surface area contributed by atoms with Gasteiger partial charge in [0.2, 0.25) is 0 Å². The number of hydrogen-bond acceptors (Lipinski definition) is 3. The summed E-state index contributed by atoms with van der Waals surface area (Å²) >= 11 is 0. The van der Waals surface area contributed by atoms with Crippen molar-refractivity contribution in [2.75, 3.05) is 32.5 Å². The van der Waals surface area contributed by atoms with Gasteiger partial charge in [0.15, 0.2) is 0 Å². The van der Waals surface area contributed by atoms with E-state index in [9.17, 15) is 9.59 Å². The lowest BCUT2D eigenvalue weighted by molar-refractivity contribution is 0.0952. The molecule has 0 aliphatic rings. The Morgan fingerprint density at radius 2 is 1.62 bits per heavy atom. The van der Waals surface area contributed by atoms with Crippen LogP contribution in [-0.2, 0) is 6.42 Å². The van der Waals surface area contributed by atoms with Gasteiger partial charge in [-0.15, -0.1) is 0 Å². The second-order valence-electron chi connectivity index (χ2n) is 6.50. The molecule has 26 heavy (non-hydrogen) atoms. The summed E-state index contributed by atoms with van der Waals surface area (Å²) in [4.78, 5) is 26.7. The van der Waals surface area contributed by atoms with Crippen molar-refractivity contribution in [2.45, 2.75) is 19.8 Å².